The van der Waals surface area contributed by atoms with Crippen molar-refractivity contribution >= 4 is 11.6 Å². The summed E-state index contributed by atoms with van der Waals surface area (Å²) in [5, 5.41) is 4.37. The highest BCUT2D eigenvalue weighted by atomic mass is 35.5. The summed E-state index contributed by atoms with van der Waals surface area (Å²) in [4.78, 5) is 6.54. The molecule has 112 valence electrons. The minimum Gasteiger partial charge on any atom is -0.316 e. The standard InChI is InChI=1S/C16H26ClN3/c1-13(2)9-19-10-14-4-7-20(8-5-14)12-15-3-6-18-11-16(15)17/h3,6,11,13-14,19H,4-5,7-10,12H2,1-2H3. The maximum Gasteiger partial charge on any atom is 0.0634 e. The van der Waals surface area contributed by atoms with Gasteiger partial charge in [-0.15, -0.1) is 0 Å². The molecule has 1 aromatic heterocycles. The number of aromatic nitrogens is 1. The molecular weight excluding hydrogens is 270 g/mol. The molecule has 0 atom stereocenters. The predicted octanol–water partition coefficient (Wildman–Crippen LogP) is 3.19. The van der Waals surface area contributed by atoms with E-state index < -0.39 is 0 Å². The van der Waals surface area contributed by atoms with E-state index in [-0.39, 0.29) is 0 Å². The van der Waals surface area contributed by atoms with Crippen molar-refractivity contribution in [3.63, 3.8) is 0 Å². The fraction of sp³-hybridized carbons (Fsp3) is 0.688. The fourth-order valence-corrected chi connectivity index (χ4v) is 2.88. The average Bonchev–Trinajstić information content (AvgIpc) is 2.43. The number of piperidine rings is 1. The second-order valence-electron chi connectivity index (χ2n) is 6.24. The topological polar surface area (TPSA) is 28.2 Å². The summed E-state index contributed by atoms with van der Waals surface area (Å²) in [5.41, 5.74) is 1.19. The Kier molecular flexibility index (Phi) is 6.27. The van der Waals surface area contributed by atoms with Gasteiger partial charge in [0.2, 0.25) is 0 Å². The van der Waals surface area contributed by atoms with Crippen LogP contribution in [-0.2, 0) is 6.54 Å². The third-order valence-corrected chi connectivity index (χ3v) is 4.28. The van der Waals surface area contributed by atoms with Crippen LogP contribution in [0.3, 0.4) is 0 Å². The Morgan fingerprint density at radius 3 is 2.80 bits per heavy atom. The molecular formula is C16H26ClN3. The number of rotatable bonds is 6. The molecule has 0 aliphatic carbocycles. The van der Waals surface area contributed by atoms with Gasteiger partial charge in [0.1, 0.15) is 0 Å². The number of halogens is 1. The minimum absolute atomic E-state index is 0.740. The first-order valence-electron chi connectivity index (χ1n) is 7.66. The van der Waals surface area contributed by atoms with Gasteiger partial charge in [0.25, 0.3) is 0 Å². The highest BCUT2D eigenvalue weighted by Crippen LogP contribution is 2.21. The summed E-state index contributed by atoms with van der Waals surface area (Å²) < 4.78 is 0. The Labute approximate surface area is 127 Å². The number of nitrogens with one attached hydrogen (secondary N) is 1. The lowest BCUT2D eigenvalue weighted by Crippen LogP contribution is -2.37. The van der Waals surface area contributed by atoms with Gasteiger partial charge in [0.15, 0.2) is 0 Å². The molecule has 2 rings (SSSR count). The zero-order valence-corrected chi connectivity index (χ0v) is 13.4. The minimum atomic E-state index is 0.740. The molecule has 1 aromatic rings. The van der Waals surface area contributed by atoms with Gasteiger partial charge in [-0.1, -0.05) is 25.4 Å². The highest BCUT2D eigenvalue weighted by molar-refractivity contribution is 6.31. The summed E-state index contributed by atoms with van der Waals surface area (Å²) in [6.07, 6.45) is 6.13. The maximum atomic E-state index is 6.17. The van der Waals surface area contributed by atoms with Gasteiger partial charge in [0, 0.05) is 18.9 Å². The third kappa shape index (κ3) is 5.04. The molecule has 3 nitrogen and oxygen atoms in total. The Morgan fingerprint density at radius 1 is 1.40 bits per heavy atom. The number of likely N-dealkylation sites (tertiary alicyclic amines) is 1. The summed E-state index contributed by atoms with van der Waals surface area (Å²) in [6, 6.07) is 2.03. The van der Waals surface area contributed by atoms with Crippen molar-refractivity contribution in [2.75, 3.05) is 26.2 Å². The monoisotopic (exact) mass is 295 g/mol. The van der Waals surface area contributed by atoms with Crippen LogP contribution >= 0.6 is 11.6 Å². The van der Waals surface area contributed by atoms with E-state index in [2.05, 4.69) is 29.0 Å². The summed E-state index contributed by atoms with van der Waals surface area (Å²) in [6.45, 7) is 10.1. The van der Waals surface area contributed by atoms with Crippen LogP contribution in [0, 0.1) is 11.8 Å². The predicted molar refractivity (Wildman–Crippen MR) is 85.0 cm³/mol. The van der Waals surface area contributed by atoms with Crippen LogP contribution in [0.4, 0.5) is 0 Å². The van der Waals surface area contributed by atoms with Crippen LogP contribution < -0.4 is 5.32 Å². The van der Waals surface area contributed by atoms with Crippen molar-refractivity contribution in [3.8, 4) is 0 Å². The van der Waals surface area contributed by atoms with Gasteiger partial charge in [-0.3, -0.25) is 9.88 Å². The van der Waals surface area contributed by atoms with Crippen molar-refractivity contribution in [1.29, 1.82) is 0 Å². The Bertz CT molecular complexity index is 400. The first-order valence-corrected chi connectivity index (χ1v) is 8.04. The molecule has 1 N–H and O–H groups in total. The Hall–Kier alpha value is -0.640. The quantitative estimate of drug-likeness (QED) is 0.873. The molecule has 1 saturated heterocycles. The lowest BCUT2D eigenvalue weighted by atomic mass is 9.96. The van der Waals surface area contributed by atoms with Crippen molar-refractivity contribution in [2.45, 2.75) is 33.2 Å². The fourth-order valence-electron chi connectivity index (χ4n) is 2.70. The smallest absolute Gasteiger partial charge is 0.0634 e. The molecule has 2 heterocycles. The zero-order chi connectivity index (χ0) is 14.4. The molecule has 1 aliphatic rings. The lowest BCUT2D eigenvalue weighted by Gasteiger charge is -2.32. The van der Waals surface area contributed by atoms with Crippen molar-refractivity contribution in [2.24, 2.45) is 11.8 Å². The van der Waals surface area contributed by atoms with Crippen LogP contribution in [0.25, 0.3) is 0 Å². The van der Waals surface area contributed by atoms with E-state index in [1.54, 1.807) is 6.20 Å². The Balaban J connectivity index is 1.70. The van der Waals surface area contributed by atoms with E-state index >= 15 is 0 Å². The van der Waals surface area contributed by atoms with Gasteiger partial charge < -0.3 is 5.32 Å². The van der Waals surface area contributed by atoms with Gasteiger partial charge in [-0.2, -0.15) is 0 Å². The highest BCUT2D eigenvalue weighted by Gasteiger charge is 2.19. The van der Waals surface area contributed by atoms with E-state index in [1.807, 2.05) is 12.3 Å². The Morgan fingerprint density at radius 2 is 2.15 bits per heavy atom. The molecule has 0 unspecified atom stereocenters. The summed E-state index contributed by atoms with van der Waals surface area (Å²) in [5.74, 6) is 1.57. The van der Waals surface area contributed by atoms with Gasteiger partial charge in [0.05, 0.1) is 5.02 Å². The molecule has 0 aromatic carbocycles. The molecule has 20 heavy (non-hydrogen) atoms. The number of pyridine rings is 1. The van der Waals surface area contributed by atoms with Crippen molar-refractivity contribution < 1.29 is 0 Å². The van der Waals surface area contributed by atoms with Crippen LogP contribution in [0.2, 0.25) is 5.02 Å². The average molecular weight is 296 g/mol. The molecule has 0 saturated carbocycles. The van der Waals surface area contributed by atoms with E-state index in [1.165, 1.54) is 38.0 Å². The molecule has 0 spiro atoms. The molecule has 1 aliphatic heterocycles. The van der Waals surface area contributed by atoms with E-state index in [0.717, 1.165) is 29.9 Å². The molecule has 1 fully saturated rings. The zero-order valence-electron chi connectivity index (χ0n) is 12.6. The normalized spacial score (nSPS) is 17.8. The maximum absolute atomic E-state index is 6.17. The SMILES string of the molecule is CC(C)CNCC1CCN(Cc2ccncc2Cl)CC1. The van der Waals surface area contributed by atoms with E-state index in [0.29, 0.717) is 0 Å². The van der Waals surface area contributed by atoms with Gasteiger partial charge in [-0.25, -0.2) is 0 Å². The van der Waals surface area contributed by atoms with Crippen molar-refractivity contribution in [3.05, 3.63) is 29.0 Å². The second-order valence-corrected chi connectivity index (χ2v) is 6.65. The van der Waals surface area contributed by atoms with Crippen molar-refractivity contribution in [1.82, 2.24) is 15.2 Å². The first-order chi connectivity index (χ1) is 9.65. The molecule has 0 bridgehead atoms. The summed E-state index contributed by atoms with van der Waals surface area (Å²) >= 11 is 6.17. The van der Waals surface area contributed by atoms with Crippen LogP contribution in [0.1, 0.15) is 32.3 Å². The first kappa shape index (κ1) is 15.7. The van der Waals surface area contributed by atoms with E-state index in [9.17, 15) is 0 Å². The van der Waals surface area contributed by atoms with Gasteiger partial charge in [-0.05, 0) is 62.5 Å². The van der Waals surface area contributed by atoms with Gasteiger partial charge >= 0.3 is 0 Å². The van der Waals surface area contributed by atoms with Crippen LogP contribution in [0.5, 0.6) is 0 Å². The lowest BCUT2D eigenvalue weighted by molar-refractivity contribution is 0.175. The van der Waals surface area contributed by atoms with E-state index in [4.69, 9.17) is 11.6 Å². The molecule has 0 radical (unpaired) electrons. The molecule has 4 heteroatoms. The molecule has 0 amide bonds. The number of hydrogen-bond donors (Lipinski definition) is 1. The van der Waals surface area contributed by atoms with Crippen LogP contribution in [0.15, 0.2) is 18.5 Å². The number of hydrogen-bond acceptors (Lipinski definition) is 3. The second kappa shape index (κ2) is 7.96. The largest absolute Gasteiger partial charge is 0.316 e. The summed E-state index contributed by atoms with van der Waals surface area (Å²) in [7, 11) is 0. The number of nitrogens with zero attached hydrogens (tertiary/aromatic N) is 2. The van der Waals surface area contributed by atoms with Crippen LogP contribution in [-0.4, -0.2) is 36.1 Å². The third-order valence-electron chi connectivity index (χ3n) is 3.94.